The van der Waals surface area contributed by atoms with E-state index in [4.69, 9.17) is 0 Å². The van der Waals surface area contributed by atoms with E-state index in [1.807, 2.05) is 24.3 Å². The maximum Gasteiger partial charge on any atom is 0.341 e. The maximum absolute atomic E-state index is 12.9. The fraction of sp³-hybridized carbons (Fsp3) is 0.364. The van der Waals surface area contributed by atoms with E-state index in [1.54, 1.807) is 16.0 Å². The zero-order chi connectivity index (χ0) is 21.4. The van der Waals surface area contributed by atoms with Gasteiger partial charge >= 0.3 is 5.97 Å². The fourth-order valence-corrected chi connectivity index (χ4v) is 4.22. The Labute approximate surface area is 173 Å². The monoisotopic (exact) mass is 409 g/mol. The van der Waals surface area contributed by atoms with Crippen molar-refractivity contribution in [3.63, 3.8) is 0 Å². The highest BCUT2D eigenvalue weighted by Gasteiger charge is 2.27. The molecule has 8 nitrogen and oxygen atoms in total. The SMILES string of the molecule is CC(=O)N1CCc2c(cn(Cc3ccc(N4CCCC4=O)cc3)c(=O)c2C(=O)O)C1. The van der Waals surface area contributed by atoms with Crippen LogP contribution in [0.4, 0.5) is 5.69 Å². The van der Waals surface area contributed by atoms with E-state index < -0.39 is 11.5 Å². The molecule has 4 rings (SSSR count). The quantitative estimate of drug-likeness (QED) is 0.827. The molecule has 0 unspecified atom stereocenters. The van der Waals surface area contributed by atoms with Gasteiger partial charge in [0.15, 0.2) is 0 Å². The summed E-state index contributed by atoms with van der Waals surface area (Å²) in [5.74, 6) is -1.22. The number of aromatic carboxylic acids is 1. The number of carbonyl (C=O) groups is 3. The summed E-state index contributed by atoms with van der Waals surface area (Å²) in [6.45, 7) is 3.09. The number of anilines is 1. The molecule has 0 saturated carbocycles. The zero-order valence-electron chi connectivity index (χ0n) is 16.8. The highest BCUT2D eigenvalue weighted by Crippen LogP contribution is 2.23. The van der Waals surface area contributed by atoms with Crippen LogP contribution in [0.3, 0.4) is 0 Å². The van der Waals surface area contributed by atoms with Crippen molar-refractivity contribution in [1.82, 2.24) is 9.47 Å². The Morgan fingerprint density at radius 1 is 1.07 bits per heavy atom. The molecular weight excluding hydrogens is 386 g/mol. The first-order valence-electron chi connectivity index (χ1n) is 9.98. The Hall–Kier alpha value is -3.42. The summed E-state index contributed by atoms with van der Waals surface area (Å²) < 4.78 is 1.39. The van der Waals surface area contributed by atoms with E-state index in [0.717, 1.165) is 17.7 Å². The molecule has 2 aliphatic heterocycles. The second kappa shape index (κ2) is 7.78. The highest BCUT2D eigenvalue weighted by atomic mass is 16.4. The van der Waals surface area contributed by atoms with E-state index in [-0.39, 0.29) is 23.9 Å². The van der Waals surface area contributed by atoms with Gasteiger partial charge in [-0.3, -0.25) is 14.4 Å². The lowest BCUT2D eigenvalue weighted by Gasteiger charge is -2.29. The number of carbonyl (C=O) groups excluding carboxylic acids is 2. The number of carboxylic acid groups (broad SMARTS) is 1. The molecule has 0 atom stereocenters. The van der Waals surface area contributed by atoms with Crippen LogP contribution in [-0.4, -0.2) is 45.4 Å². The summed E-state index contributed by atoms with van der Waals surface area (Å²) in [5.41, 5.74) is 2.09. The summed E-state index contributed by atoms with van der Waals surface area (Å²) in [6.07, 6.45) is 3.42. The van der Waals surface area contributed by atoms with Gasteiger partial charge in [0.1, 0.15) is 5.56 Å². The van der Waals surface area contributed by atoms with Crippen LogP contribution in [0, 0.1) is 0 Å². The number of hydrogen-bond acceptors (Lipinski definition) is 4. The number of rotatable bonds is 4. The molecule has 1 aromatic heterocycles. The van der Waals surface area contributed by atoms with Crippen molar-refractivity contribution in [1.29, 1.82) is 0 Å². The van der Waals surface area contributed by atoms with Crippen LogP contribution in [0.15, 0.2) is 35.3 Å². The Morgan fingerprint density at radius 3 is 2.40 bits per heavy atom. The van der Waals surface area contributed by atoms with Crippen LogP contribution in [0.1, 0.15) is 46.8 Å². The van der Waals surface area contributed by atoms with Crippen molar-refractivity contribution >= 4 is 23.5 Å². The summed E-state index contributed by atoms with van der Waals surface area (Å²) in [7, 11) is 0. The molecule has 0 radical (unpaired) electrons. The second-order valence-corrected chi connectivity index (χ2v) is 7.75. The smallest absolute Gasteiger partial charge is 0.341 e. The largest absolute Gasteiger partial charge is 0.477 e. The van der Waals surface area contributed by atoms with Crippen LogP contribution in [0.25, 0.3) is 0 Å². The van der Waals surface area contributed by atoms with E-state index in [1.165, 1.54) is 11.5 Å². The predicted molar refractivity (Wildman–Crippen MR) is 110 cm³/mol. The van der Waals surface area contributed by atoms with Crippen LogP contribution < -0.4 is 10.5 Å². The van der Waals surface area contributed by atoms with Crippen LogP contribution in [0.2, 0.25) is 0 Å². The number of amides is 2. The molecule has 1 saturated heterocycles. The Kier molecular flexibility index (Phi) is 5.15. The van der Waals surface area contributed by atoms with E-state index in [0.29, 0.717) is 43.6 Å². The number of fused-ring (bicyclic) bond motifs is 1. The summed E-state index contributed by atoms with van der Waals surface area (Å²) in [6, 6.07) is 7.37. The summed E-state index contributed by atoms with van der Waals surface area (Å²) >= 11 is 0. The minimum atomic E-state index is -1.25. The summed E-state index contributed by atoms with van der Waals surface area (Å²) in [5, 5.41) is 9.64. The number of pyridine rings is 1. The predicted octanol–water partition coefficient (Wildman–Crippen LogP) is 1.63. The zero-order valence-corrected chi connectivity index (χ0v) is 16.8. The van der Waals surface area contributed by atoms with Gasteiger partial charge < -0.3 is 19.5 Å². The van der Waals surface area contributed by atoms with E-state index >= 15 is 0 Å². The first-order valence-corrected chi connectivity index (χ1v) is 9.98. The number of aromatic nitrogens is 1. The average molecular weight is 409 g/mol. The molecule has 2 amide bonds. The third-order valence-corrected chi connectivity index (χ3v) is 5.80. The van der Waals surface area contributed by atoms with Gasteiger partial charge in [-0.2, -0.15) is 0 Å². The minimum absolute atomic E-state index is 0.0812. The van der Waals surface area contributed by atoms with Gasteiger partial charge in [-0.25, -0.2) is 4.79 Å². The molecule has 0 spiro atoms. The molecule has 3 heterocycles. The lowest BCUT2D eigenvalue weighted by molar-refractivity contribution is -0.129. The van der Waals surface area contributed by atoms with Crippen molar-refractivity contribution < 1.29 is 19.5 Å². The van der Waals surface area contributed by atoms with Gasteiger partial charge in [0.05, 0.1) is 6.54 Å². The Bertz CT molecular complexity index is 1090. The van der Waals surface area contributed by atoms with Crippen molar-refractivity contribution in [2.24, 2.45) is 0 Å². The van der Waals surface area contributed by atoms with Gasteiger partial charge in [0.2, 0.25) is 11.8 Å². The molecular formula is C22H23N3O5. The van der Waals surface area contributed by atoms with Gasteiger partial charge in [-0.15, -0.1) is 0 Å². The van der Waals surface area contributed by atoms with Crippen molar-refractivity contribution in [3.05, 3.63) is 63.1 Å². The molecule has 0 aliphatic carbocycles. The summed E-state index contributed by atoms with van der Waals surface area (Å²) in [4.78, 5) is 51.7. The maximum atomic E-state index is 12.9. The lowest BCUT2D eigenvalue weighted by atomic mass is 9.96. The lowest BCUT2D eigenvalue weighted by Crippen LogP contribution is -2.38. The normalized spacial score (nSPS) is 16.0. The molecule has 1 N–H and O–H groups in total. The Balaban J connectivity index is 1.66. The van der Waals surface area contributed by atoms with Crippen LogP contribution >= 0.6 is 0 Å². The third-order valence-electron chi connectivity index (χ3n) is 5.80. The molecule has 156 valence electrons. The van der Waals surface area contributed by atoms with Crippen LogP contribution in [0.5, 0.6) is 0 Å². The van der Waals surface area contributed by atoms with Gasteiger partial charge in [-0.05, 0) is 41.7 Å². The first kappa shape index (κ1) is 19.9. The van der Waals surface area contributed by atoms with Crippen molar-refractivity contribution in [2.75, 3.05) is 18.0 Å². The average Bonchev–Trinajstić information content (AvgIpc) is 3.14. The standard InChI is InChI=1S/C22H23N3O5/c1-14(26)23-10-8-18-16(12-23)13-24(21(28)20(18)22(29)30)11-15-4-6-17(7-5-15)25-9-2-3-19(25)27/h4-7,13H,2-3,8-12H2,1H3,(H,29,30). The number of benzene rings is 1. The van der Waals surface area contributed by atoms with Gasteiger partial charge in [0, 0.05) is 44.9 Å². The second-order valence-electron chi connectivity index (χ2n) is 7.75. The molecule has 2 aromatic rings. The highest BCUT2D eigenvalue weighted by molar-refractivity contribution is 5.95. The first-order chi connectivity index (χ1) is 14.3. The Morgan fingerprint density at radius 2 is 1.80 bits per heavy atom. The molecule has 0 bridgehead atoms. The number of carboxylic acids is 1. The molecule has 1 aromatic carbocycles. The molecule has 2 aliphatic rings. The topological polar surface area (TPSA) is 99.9 Å². The van der Waals surface area contributed by atoms with E-state index in [2.05, 4.69) is 0 Å². The van der Waals surface area contributed by atoms with Gasteiger partial charge in [0.25, 0.3) is 5.56 Å². The van der Waals surface area contributed by atoms with Crippen molar-refractivity contribution in [2.45, 2.75) is 39.3 Å². The third kappa shape index (κ3) is 3.60. The van der Waals surface area contributed by atoms with Crippen LogP contribution in [-0.2, 0) is 29.1 Å². The van der Waals surface area contributed by atoms with Gasteiger partial charge in [-0.1, -0.05) is 12.1 Å². The number of hydrogen-bond donors (Lipinski definition) is 1. The molecule has 8 heteroatoms. The van der Waals surface area contributed by atoms with Crippen molar-refractivity contribution in [3.8, 4) is 0 Å². The number of nitrogens with zero attached hydrogens (tertiary/aromatic N) is 3. The molecule has 1 fully saturated rings. The van der Waals surface area contributed by atoms with E-state index in [9.17, 15) is 24.3 Å². The minimum Gasteiger partial charge on any atom is -0.477 e. The fourth-order valence-electron chi connectivity index (χ4n) is 4.22. The molecule has 30 heavy (non-hydrogen) atoms.